The Morgan fingerprint density at radius 3 is 2.56 bits per heavy atom. The number of amides is 1. The fourth-order valence-electron chi connectivity index (χ4n) is 1.64. The number of phenolic OH excluding ortho intramolecular Hbond substituents is 1. The molecule has 1 aromatic rings. The number of phenols is 1. The Kier molecular flexibility index (Phi) is 3.93. The molecule has 0 aromatic heterocycles. The normalized spacial score (nSPS) is 10.6. The van der Waals surface area contributed by atoms with Crippen LogP contribution in [0.4, 0.5) is 0 Å². The molecule has 0 aliphatic rings. The molecule has 0 saturated carbocycles. The van der Waals surface area contributed by atoms with E-state index in [0.717, 1.165) is 12.1 Å². The summed E-state index contributed by atoms with van der Waals surface area (Å²) in [5.41, 5.74) is 1.35. The zero-order chi connectivity index (χ0) is 12.3. The molecule has 1 amide bonds. The van der Waals surface area contributed by atoms with Gasteiger partial charge in [0.1, 0.15) is 5.75 Å². The van der Waals surface area contributed by atoms with Crippen molar-refractivity contribution < 1.29 is 9.90 Å². The smallest absolute Gasteiger partial charge is 0.253 e. The highest BCUT2D eigenvalue weighted by molar-refractivity contribution is 5.94. The Labute approximate surface area is 96.7 Å². The number of carbonyl (C=O) groups is 1. The van der Waals surface area contributed by atoms with Gasteiger partial charge in [0.05, 0.1) is 0 Å². The molecule has 1 rings (SSSR count). The van der Waals surface area contributed by atoms with E-state index < -0.39 is 0 Å². The molecule has 0 aliphatic heterocycles. The first-order chi connectivity index (χ1) is 7.41. The Bertz CT molecular complexity index is 386. The molecule has 0 saturated heterocycles. The van der Waals surface area contributed by atoms with Gasteiger partial charge in [-0.05, 0) is 36.6 Å². The molecule has 0 aliphatic carbocycles. The largest absolute Gasteiger partial charge is 0.508 e. The molecule has 1 N–H and O–H groups in total. The molecule has 0 fully saturated rings. The molecular formula is C13H19NO2. The summed E-state index contributed by atoms with van der Waals surface area (Å²) in [5.74, 6) is 0.673. The van der Waals surface area contributed by atoms with Crippen LogP contribution in [-0.2, 0) is 0 Å². The van der Waals surface area contributed by atoms with Crippen LogP contribution < -0.4 is 0 Å². The number of hydrogen-bond donors (Lipinski definition) is 1. The lowest BCUT2D eigenvalue weighted by Crippen LogP contribution is -2.30. The topological polar surface area (TPSA) is 40.5 Å². The van der Waals surface area contributed by atoms with E-state index in [1.807, 2.05) is 0 Å². The van der Waals surface area contributed by atoms with Gasteiger partial charge in [0, 0.05) is 19.2 Å². The van der Waals surface area contributed by atoms with Gasteiger partial charge in [-0.25, -0.2) is 0 Å². The Morgan fingerprint density at radius 2 is 2.06 bits per heavy atom. The van der Waals surface area contributed by atoms with Crippen molar-refractivity contribution >= 4 is 5.91 Å². The lowest BCUT2D eigenvalue weighted by atomic mass is 10.1. The maximum absolute atomic E-state index is 12.0. The maximum atomic E-state index is 12.0. The van der Waals surface area contributed by atoms with Crippen LogP contribution in [0.15, 0.2) is 18.2 Å². The number of aryl methyl sites for hydroxylation is 1. The van der Waals surface area contributed by atoms with Gasteiger partial charge in [-0.2, -0.15) is 0 Å². The molecule has 88 valence electrons. The SMILES string of the molecule is Cc1cc(C(=O)N(C)CC(C)C)ccc1O. The molecule has 1 aromatic carbocycles. The Morgan fingerprint density at radius 1 is 1.44 bits per heavy atom. The molecule has 0 atom stereocenters. The standard InChI is InChI=1S/C13H19NO2/c1-9(2)8-14(4)13(16)11-5-6-12(15)10(3)7-11/h5-7,9,15H,8H2,1-4H3. The van der Waals surface area contributed by atoms with E-state index >= 15 is 0 Å². The van der Waals surface area contributed by atoms with Crippen LogP contribution in [-0.4, -0.2) is 29.5 Å². The van der Waals surface area contributed by atoms with Gasteiger partial charge in [0.15, 0.2) is 0 Å². The minimum Gasteiger partial charge on any atom is -0.508 e. The van der Waals surface area contributed by atoms with Crippen molar-refractivity contribution in [3.8, 4) is 5.75 Å². The molecule has 0 heterocycles. The first-order valence-electron chi connectivity index (χ1n) is 5.47. The lowest BCUT2D eigenvalue weighted by molar-refractivity contribution is 0.0779. The summed E-state index contributed by atoms with van der Waals surface area (Å²) < 4.78 is 0. The molecule has 0 spiro atoms. The van der Waals surface area contributed by atoms with Crippen molar-refractivity contribution in [1.82, 2.24) is 4.90 Å². The second-order valence-corrected chi connectivity index (χ2v) is 4.58. The van der Waals surface area contributed by atoms with E-state index in [2.05, 4.69) is 13.8 Å². The maximum Gasteiger partial charge on any atom is 0.253 e. The third kappa shape index (κ3) is 2.99. The van der Waals surface area contributed by atoms with Gasteiger partial charge in [0.2, 0.25) is 0 Å². The van der Waals surface area contributed by atoms with Crippen LogP contribution in [0.5, 0.6) is 5.75 Å². The van der Waals surface area contributed by atoms with Crippen molar-refractivity contribution in [2.45, 2.75) is 20.8 Å². The first-order valence-corrected chi connectivity index (χ1v) is 5.47. The number of benzene rings is 1. The molecule has 0 radical (unpaired) electrons. The highest BCUT2D eigenvalue weighted by Gasteiger charge is 2.13. The zero-order valence-corrected chi connectivity index (χ0v) is 10.3. The highest BCUT2D eigenvalue weighted by atomic mass is 16.3. The van der Waals surface area contributed by atoms with E-state index in [9.17, 15) is 9.90 Å². The summed E-state index contributed by atoms with van der Waals surface area (Å²) in [6.45, 7) is 6.67. The van der Waals surface area contributed by atoms with Crippen molar-refractivity contribution in [3.63, 3.8) is 0 Å². The number of nitrogens with zero attached hydrogens (tertiary/aromatic N) is 1. The van der Waals surface area contributed by atoms with Gasteiger partial charge < -0.3 is 10.0 Å². The van der Waals surface area contributed by atoms with Gasteiger partial charge in [-0.3, -0.25) is 4.79 Å². The van der Waals surface area contributed by atoms with E-state index in [-0.39, 0.29) is 11.7 Å². The molecule has 0 bridgehead atoms. The van der Waals surface area contributed by atoms with Gasteiger partial charge in [-0.1, -0.05) is 13.8 Å². The quantitative estimate of drug-likeness (QED) is 0.851. The summed E-state index contributed by atoms with van der Waals surface area (Å²) >= 11 is 0. The van der Waals surface area contributed by atoms with Crippen LogP contribution >= 0.6 is 0 Å². The van der Waals surface area contributed by atoms with Crippen molar-refractivity contribution in [2.75, 3.05) is 13.6 Å². The molecule has 0 unspecified atom stereocenters. The summed E-state index contributed by atoms with van der Waals surface area (Å²) in [7, 11) is 1.80. The lowest BCUT2D eigenvalue weighted by Gasteiger charge is -2.19. The van der Waals surface area contributed by atoms with Crippen LogP contribution in [0.25, 0.3) is 0 Å². The fourth-order valence-corrected chi connectivity index (χ4v) is 1.64. The zero-order valence-electron chi connectivity index (χ0n) is 10.3. The highest BCUT2D eigenvalue weighted by Crippen LogP contribution is 2.18. The van der Waals surface area contributed by atoms with Crippen LogP contribution in [0.1, 0.15) is 29.8 Å². The predicted molar refractivity (Wildman–Crippen MR) is 64.6 cm³/mol. The summed E-state index contributed by atoms with van der Waals surface area (Å²) in [4.78, 5) is 13.7. The van der Waals surface area contributed by atoms with Gasteiger partial charge >= 0.3 is 0 Å². The minimum absolute atomic E-state index is 0.00296. The minimum atomic E-state index is -0.00296. The van der Waals surface area contributed by atoms with Crippen LogP contribution in [0, 0.1) is 12.8 Å². The number of hydrogen-bond acceptors (Lipinski definition) is 2. The summed E-state index contributed by atoms with van der Waals surface area (Å²) in [6, 6.07) is 4.93. The molecular weight excluding hydrogens is 202 g/mol. The third-order valence-electron chi connectivity index (χ3n) is 2.43. The van der Waals surface area contributed by atoms with Crippen LogP contribution in [0.2, 0.25) is 0 Å². The van der Waals surface area contributed by atoms with Gasteiger partial charge in [0.25, 0.3) is 5.91 Å². The van der Waals surface area contributed by atoms with Crippen molar-refractivity contribution in [1.29, 1.82) is 0 Å². The monoisotopic (exact) mass is 221 g/mol. The number of carbonyl (C=O) groups excluding carboxylic acids is 1. The second kappa shape index (κ2) is 5.01. The number of rotatable bonds is 3. The second-order valence-electron chi connectivity index (χ2n) is 4.58. The van der Waals surface area contributed by atoms with Crippen molar-refractivity contribution in [3.05, 3.63) is 29.3 Å². The Balaban J connectivity index is 2.84. The van der Waals surface area contributed by atoms with Crippen molar-refractivity contribution in [2.24, 2.45) is 5.92 Å². The fraction of sp³-hybridized carbons (Fsp3) is 0.462. The first kappa shape index (κ1) is 12.6. The van der Waals surface area contributed by atoms with E-state index in [1.54, 1.807) is 37.1 Å². The number of aromatic hydroxyl groups is 1. The summed E-state index contributed by atoms with van der Waals surface area (Å²) in [6.07, 6.45) is 0. The van der Waals surface area contributed by atoms with E-state index in [0.29, 0.717) is 11.5 Å². The van der Waals surface area contributed by atoms with Crippen LogP contribution in [0.3, 0.4) is 0 Å². The van der Waals surface area contributed by atoms with Gasteiger partial charge in [-0.15, -0.1) is 0 Å². The molecule has 16 heavy (non-hydrogen) atoms. The van der Waals surface area contributed by atoms with E-state index in [4.69, 9.17) is 0 Å². The predicted octanol–water partition coefficient (Wildman–Crippen LogP) is 2.43. The molecule has 3 nitrogen and oxygen atoms in total. The summed E-state index contributed by atoms with van der Waals surface area (Å²) in [5, 5.41) is 9.38. The van der Waals surface area contributed by atoms with E-state index in [1.165, 1.54) is 0 Å². The average molecular weight is 221 g/mol. The Hall–Kier alpha value is -1.51. The molecule has 3 heteroatoms. The third-order valence-corrected chi connectivity index (χ3v) is 2.43. The average Bonchev–Trinajstić information content (AvgIpc) is 2.20.